The maximum atomic E-state index is 5.78. The first-order valence-corrected chi connectivity index (χ1v) is 7.80. The Hall–Kier alpha value is -1.66. The molecule has 110 valence electrons. The number of hydrogen-bond donors (Lipinski definition) is 2. The van der Waals surface area contributed by atoms with Gasteiger partial charge in [0.15, 0.2) is 0 Å². The number of nitrogens with zero attached hydrogens (tertiary/aromatic N) is 3. The molecular weight excluding hydrogens is 330 g/mol. The van der Waals surface area contributed by atoms with Crippen LogP contribution in [-0.4, -0.2) is 34.0 Å². The topological polar surface area (TPSA) is 67.1 Å². The zero-order valence-electron chi connectivity index (χ0n) is 11.7. The SMILES string of the molecule is Nc1ncnc(NC2CCN(Cc3ccccc3)C2)c1Br. The van der Waals surface area contributed by atoms with Gasteiger partial charge < -0.3 is 11.1 Å². The van der Waals surface area contributed by atoms with Crippen molar-refractivity contribution < 1.29 is 0 Å². The predicted molar refractivity (Wildman–Crippen MR) is 87.9 cm³/mol. The highest BCUT2D eigenvalue weighted by atomic mass is 79.9. The van der Waals surface area contributed by atoms with Crippen LogP contribution in [0.1, 0.15) is 12.0 Å². The van der Waals surface area contributed by atoms with Crippen molar-refractivity contribution in [2.24, 2.45) is 0 Å². The second-order valence-corrected chi connectivity index (χ2v) is 6.07. The fourth-order valence-electron chi connectivity index (χ4n) is 2.61. The fourth-order valence-corrected chi connectivity index (χ4v) is 2.93. The van der Waals surface area contributed by atoms with Gasteiger partial charge in [-0.05, 0) is 27.9 Å². The van der Waals surface area contributed by atoms with Crippen LogP contribution in [-0.2, 0) is 6.54 Å². The molecular formula is C15H18BrN5. The predicted octanol–water partition coefficient (Wildman–Crippen LogP) is 2.51. The number of anilines is 2. The van der Waals surface area contributed by atoms with E-state index in [9.17, 15) is 0 Å². The van der Waals surface area contributed by atoms with Gasteiger partial charge in [-0.15, -0.1) is 0 Å². The molecule has 21 heavy (non-hydrogen) atoms. The standard InChI is InChI=1S/C15H18BrN5/c16-13-14(17)18-10-19-15(13)20-12-6-7-21(9-12)8-11-4-2-1-3-5-11/h1-5,10,12H,6-9H2,(H3,17,18,19,20). The maximum absolute atomic E-state index is 5.78. The lowest BCUT2D eigenvalue weighted by Crippen LogP contribution is -2.26. The van der Waals surface area contributed by atoms with E-state index in [2.05, 4.69) is 66.4 Å². The quantitative estimate of drug-likeness (QED) is 0.889. The Morgan fingerprint density at radius 3 is 2.90 bits per heavy atom. The van der Waals surface area contributed by atoms with Crippen molar-refractivity contribution in [1.29, 1.82) is 0 Å². The summed E-state index contributed by atoms with van der Waals surface area (Å²) in [6, 6.07) is 10.9. The van der Waals surface area contributed by atoms with Crippen molar-refractivity contribution in [2.45, 2.75) is 19.0 Å². The molecule has 1 aromatic heterocycles. The molecule has 0 saturated carbocycles. The number of nitrogens with one attached hydrogen (secondary N) is 1. The van der Waals surface area contributed by atoms with Crippen LogP contribution in [0.25, 0.3) is 0 Å². The van der Waals surface area contributed by atoms with Gasteiger partial charge in [0, 0.05) is 25.7 Å². The average Bonchev–Trinajstić information content (AvgIpc) is 2.92. The molecule has 1 atom stereocenters. The lowest BCUT2D eigenvalue weighted by Gasteiger charge is -2.17. The van der Waals surface area contributed by atoms with Crippen molar-refractivity contribution in [2.75, 3.05) is 24.1 Å². The summed E-state index contributed by atoms with van der Waals surface area (Å²) in [5.41, 5.74) is 7.13. The Balaban J connectivity index is 1.59. The summed E-state index contributed by atoms with van der Waals surface area (Å²) in [5, 5.41) is 3.45. The van der Waals surface area contributed by atoms with Crippen molar-refractivity contribution in [1.82, 2.24) is 14.9 Å². The van der Waals surface area contributed by atoms with E-state index in [1.165, 1.54) is 11.9 Å². The largest absolute Gasteiger partial charge is 0.383 e. The molecule has 5 nitrogen and oxygen atoms in total. The Morgan fingerprint density at radius 2 is 2.10 bits per heavy atom. The molecule has 1 aliphatic heterocycles. The molecule has 0 radical (unpaired) electrons. The Bertz CT molecular complexity index is 604. The highest BCUT2D eigenvalue weighted by molar-refractivity contribution is 9.10. The monoisotopic (exact) mass is 347 g/mol. The first-order valence-electron chi connectivity index (χ1n) is 7.01. The van der Waals surface area contributed by atoms with E-state index in [0.717, 1.165) is 36.3 Å². The molecule has 1 unspecified atom stereocenters. The second-order valence-electron chi connectivity index (χ2n) is 5.27. The van der Waals surface area contributed by atoms with E-state index in [-0.39, 0.29) is 0 Å². The number of benzene rings is 1. The minimum atomic E-state index is 0.388. The van der Waals surface area contributed by atoms with Crippen LogP contribution in [0.15, 0.2) is 41.1 Å². The molecule has 1 aromatic carbocycles. The number of likely N-dealkylation sites (tertiary alicyclic amines) is 1. The van der Waals surface area contributed by atoms with E-state index >= 15 is 0 Å². The number of aromatic nitrogens is 2. The molecule has 1 saturated heterocycles. The lowest BCUT2D eigenvalue weighted by atomic mass is 10.2. The van der Waals surface area contributed by atoms with E-state index in [0.29, 0.717) is 11.9 Å². The zero-order chi connectivity index (χ0) is 14.7. The third-order valence-corrected chi connectivity index (χ3v) is 4.46. The van der Waals surface area contributed by atoms with Crippen LogP contribution in [0, 0.1) is 0 Å². The van der Waals surface area contributed by atoms with Crippen molar-refractivity contribution >= 4 is 27.6 Å². The van der Waals surface area contributed by atoms with Gasteiger partial charge in [-0.3, -0.25) is 4.90 Å². The first kappa shape index (κ1) is 14.3. The van der Waals surface area contributed by atoms with Crippen LogP contribution in [0.3, 0.4) is 0 Å². The smallest absolute Gasteiger partial charge is 0.146 e. The molecule has 0 spiro atoms. The molecule has 2 aromatic rings. The van der Waals surface area contributed by atoms with E-state index < -0.39 is 0 Å². The molecule has 0 amide bonds. The maximum Gasteiger partial charge on any atom is 0.146 e. The Morgan fingerprint density at radius 1 is 1.29 bits per heavy atom. The molecule has 0 aliphatic carbocycles. The molecule has 3 N–H and O–H groups in total. The normalized spacial score (nSPS) is 18.8. The average molecular weight is 348 g/mol. The van der Waals surface area contributed by atoms with Gasteiger partial charge in [0.2, 0.25) is 0 Å². The molecule has 0 bridgehead atoms. The fraction of sp³-hybridized carbons (Fsp3) is 0.333. The van der Waals surface area contributed by atoms with Crippen LogP contribution >= 0.6 is 15.9 Å². The second kappa shape index (κ2) is 6.41. The first-order chi connectivity index (χ1) is 10.2. The minimum Gasteiger partial charge on any atom is -0.383 e. The summed E-state index contributed by atoms with van der Waals surface area (Å²) < 4.78 is 0.742. The zero-order valence-corrected chi connectivity index (χ0v) is 13.3. The summed E-state index contributed by atoms with van der Waals surface area (Å²) in [7, 11) is 0. The van der Waals surface area contributed by atoms with Crippen LogP contribution in [0.2, 0.25) is 0 Å². The number of halogens is 1. The number of rotatable bonds is 4. The van der Waals surface area contributed by atoms with E-state index in [1.54, 1.807) is 0 Å². The number of nitrogens with two attached hydrogens (primary N) is 1. The van der Waals surface area contributed by atoms with Crippen LogP contribution < -0.4 is 11.1 Å². The van der Waals surface area contributed by atoms with Gasteiger partial charge in [-0.25, -0.2) is 9.97 Å². The molecule has 6 heteroatoms. The molecule has 3 rings (SSSR count). The third kappa shape index (κ3) is 3.51. The molecule has 1 fully saturated rings. The van der Waals surface area contributed by atoms with Crippen molar-refractivity contribution in [3.8, 4) is 0 Å². The highest BCUT2D eigenvalue weighted by Gasteiger charge is 2.23. The third-order valence-electron chi connectivity index (χ3n) is 3.68. The summed E-state index contributed by atoms with van der Waals surface area (Å²) >= 11 is 3.43. The summed E-state index contributed by atoms with van der Waals surface area (Å²) in [6.45, 7) is 3.09. The van der Waals surface area contributed by atoms with Gasteiger partial charge in [-0.2, -0.15) is 0 Å². The Labute approximate surface area is 132 Å². The number of hydrogen-bond acceptors (Lipinski definition) is 5. The van der Waals surface area contributed by atoms with Gasteiger partial charge in [0.25, 0.3) is 0 Å². The highest BCUT2D eigenvalue weighted by Crippen LogP contribution is 2.26. The van der Waals surface area contributed by atoms with Gasteiger partial charge >= 0.3 is 0 Å². The van der Waals surface area contributed by atoms with Gasteiger partial charge in [-0.1, -0.05) is 30.3 Å². The molecule has 1 aliphatic rings. The summed E-state index contributed by atoms with van der Waals surface area (Å²) in [4.78, 5) is 10.6. The van der Waals surface area contributed by atoms with Crippen molar-refractivity contribution in [3.05, 3.63) is 46.7 Å². The Kier molecular flexibility index (Phi) is 4.36. The number of nitrogen functional groups attached to an aromatic ring is 1. The summed E-state index contributed by atoms with van der Waals surface area (Å²) in [5.74, 6) is 1.24. The van der Waals surface area contributed by atoms with E-state index in [4.69, 9.17) is 5.73 Å². The van der Waals surface area contributed by atoms with E-state index in [1.807, 2.05) is 0 Å². The molecule has 2 heterocycles. The van der Waals surface area contributed by atoms with Gasteiger partial charge in [0.05, 0.1) is 0 Å². The van der Waals surface area contributed by atoms with Gasteiger partial charge in [0.1, 0.15) is 22.4 Å². The van der Waals surface area contributed by atoms with Crippen molar-refractivity contribution in [3.63, 3.8) is 0 Å². The lowest BCUT2D eigenvalue weighted by molar-refractivity contribution is 0.328. The van der Waals surface area contributed by atoms with Crippen LogP contribution in [0.4, 0.5) is 11.6 Å². The summed E-state index contributed by atoms with van der Waals surface area (Å²) in [6.07, 6.45) is 2.59. The van der Waals surface area contributed by atoms with Crippen LogP contribution in [0.5, 0.6) is 0 Å². The minimum absolute atomic E-state index is 0.388.